The Balaban J connectivity index is 2.46. The first-order chi connectivity index (χ1) is 7.58. The van der Waals surface area contributed by atoms with E-state index in [1.54, 1.807) is 0 Å². The largest absolute Gasteiger partial charge is 0.313 e. The van der Waals surface area contributed by atoms with E-state index in [2.05, 4.69) is 43.2 Å². The monoisotopic (exact) mass is 218 g/mol. The Bertz CT molecular complexity index is 336. The number of rotatable bonds is 5. The van der Waals surface area contributed by atoms with Crippen LogP contribution in [0.4, 0.5) is 0 Å². The van der Waals surface area contributed by atoms with Crippen molar-refractivity contribution in [3.8, 4) is 0 Å². The molecule has 0 unspecified atom stereocenters. The van der Waals surface area contributed by atoms with Crippen molar-refractivity contribution in [3.63, 3.8) is 0 Å². The van der Waals surface area contributed by atoms with Gasteiger partial charge in [0.15, 0.2) is 0 Å². The van der Waals surface area contributed by atoms with E-state index >= 15 is 0 Å². The Hall–Kier alpha value is -1.15. The lowest BCUT2D eigenvalue weighted by Gasteiger charge is -2.07. The summed E-state index contributed by atoms with van der Waals surface area (Å²) in [7, 11) is 0. The molecular weight excluding hydrogens is 196 g/mol. The van der Waals surface area contributed by atoms with Crippen molar-refractivity contribution in [1.82, 2.24) is 10.3 Å². The molecule has 0 fully saturated rings. The molecule has 0 amide bonds. The summed E-state index contributed by atoms with van der Waals surface area (Å²) in [5.41, 5.74) is 3.58. The van der Waals surface area contributed by atoms with Crippen molar-refractivity contribution < 1.29 is 0 Å². The van der Waals surface area contributed by atoms with E-state index < -0.39 is 0 Å². The molecule has 0 aliphatic carbocycles. The van der Waals surface area contributed by atoms with Crippen molar-refractivity contribution in [2.24, 2.45) is 5.92 Å². The lowest BCUT2D eigenvalue weighted by atomic mass is 10.1. The van der Waals surface area contributed by atoms with Crippen LogP contribution in [0.1, 0.15) is 32.0 Å². The summed E-state index contributed by atoms with van der Waals surface area (Å²) in [6.45, 7) is 10.6. The second-order valence-electron chi connectivity index (χ2n) is 4.75. The Morgan fingerprint density at radius 2 is 2.19 bits per heavy atom. The molecule has 0 saturated heterocycles. The molecule has 0 atom stereocenters. The lowest BCUT2D eigenvalue weighted by Crippen LogP contribution is -2.21. The van der Waals surface area contributed by atoms with Gasteiger partial charge in [-0.15, -0.1) is 0 Å². The van der Waals surface area contributed by atoms with Gasteiger partial charge in [0, 0.05) is 18.4 Å². The van der Waals surface area contributed by atoms with Crippen LogP contribution in [0.3, 0.4) is 0 Å². The predicted molar refractivity (Wildman–Crippen MR) is 70.3 cm³/mol. The van der Waals surface area contributed by atoms with Gasteiger partial charge in [0.05, 0.1) is 0 Å². The number of nitrogens with one attached hydrogen (secondary N) is 1. The van der Waals surface area contributed by atoms with Crippen molar-refractivity contribution in [1.29, 1.82) is 0 Å². The summed E-state index contributed by atoms with van der Waals surface area (Å²) in [6, 6.07) is 4.15. The molecule has 1 aromatic rings. The Kier molecular flexibility index (Phi) is 5.20. The zero-order chi connectivity index (χ0) is 12.0. The fraction of sp³-hybridized carbons (Fsp3) is 0.500. The molecule has 0 saturated carbocycles. The molecule has 0 aliphatic heterocycles. The summed E-state index contributed by atoms with van der Waals surface area (Å²) in [5, 5.41) is 3.43. The molecule has 16 heavy (non-hydrogen) atoms. The minimum absolute atomic E-state index is 0.703. The molecule has 0 radical (unpaired) electrons. The third-order valence-corrected chi connectivity index (χ3v) is 2.30. The quantitative estimate of drug-likeness (QED) is 0.821. The van der Waals surface area contributed by atoms with E-state index in [4.69, 9.17) is 0 Å². The highest BCUT2D eigenvalue weighted by molar-refractivity contribution is 5.51. The second-order valence-corrected chi connectivity index (χ2v) is 4.75. The molecule has 1 rings (SSSR count). The van der Waals surface area contributed by atoms with Crippen LogP contribution < -0.4 is 5.32 Å². The van der Waals surface area contributed by atoms with Gasteiger partial charge in [0.1, 0.15) is 0 Å². The zero-order valence-corrected chi connectivity index (χ0v) is 10.7. The lowest BCUT2D eigenvalue weighted by molar-refractivity contribution is 0.572. The number of nitrogens with zero attached hydrogens (tertiary/aromatic N) is 1. The third kappa shape index (κ3) is 5.08. The van der Waals surface area contributed by atoms with E-state index in [9.17, 15) is 0 Å². The summed E-state index contributed by atoms with van der Waals surface area (Å²) in [6.07, 6.45) is 4.10. The van der Waals surface area contributed by atoms with Crippen LogP contribution in [0.15, 0.2) is 23.9 Å². The first kappa shape index (κ1) is 12.9. The van der Waals surface area contributed by atoms with Crippen molar-refractivity contribution in [3.05, 3.63) is 35.2 Å². The van der Waals surface area contributed by atoms with Gasteiger partial charge in [-0.25, -0.2) is 0 Å². The number of hydrogen-bond donors (Lipinski definition) is 1. The van der Waals surface area contributed by atoms with Crippen LogP contribution in [0.2, 0.25) is 0 Å². The fourth-order valence-electron chi connectivity index (χ4n) is 1.46. The highest BCUT2D eigenvalue weighted by Gasteiger charge is 1.95. The molecule has 0 bridgehead atoms. The van der Waals surface area contributed by atoms with E-state index in [-0.39, 0.29) is 0 Å². The summed E-state index contributed by atoms with van der Waals surface area (Å²) >= 11 is 0. The molecule has 2 heteroatoms. The first-order valence-corrected chi connectivity index (χ1v) is 5.88. The van der Waals surface area contributed by atoms with Gasteiger partial charge < -0.3 is 5.32 Å². The summed E-state index contributed by atoms with van der Waals surface area (Å²) in [5.74, 6) is 0.703. The Labute approximate surface area is 98.8 Å². The number of pyridine rings is 1. The van der Waals surface area contributed by atoms with Gasteiger partial charge in [-0.3, -0.25) is 4.98 Å². The van der Waals surface area contributed by atoms with Crippen LogP contribution in [-0.4, -0.2) is 18.1 Å². The minimum atomic E-state index is 0.703. The van der Waals surface area contributed by atoms with Gasteiger partial charge in [0.25, 0.3) is 0 Å². The summed E-state index contributed by atoms with van der Waals surface area (Å²) < 4.78 is 0. The molecule has 0 spiro atoms. The van der Waals surface area contributed by atoms with Gasteiger partial charge in [0.2, 0.25) is 0 Å². The third-order valence-electron chi connectivity index (χ3n) is 2.30. The molecule has 0 aliphatic rings. The molecule has 0 aromatic carbocycles. The van der Waals surface area contributed by atoms with E-state index in [1.807, 2.05) is 19.2 Å². The topological polar surface area (TPSA) is 24.9 Å². The Morgan fingerprint density at radius 3 is 2.75 bits per heavy atom. The van der Waals surface area contributed by atoms with Gasteiger partial charge in [-0.1, -0.05) is 31.6 Å². The van der Waals surface area contributed by atoms with Crippen molar-refractivity contribution in [2.45, 2.75) is 27.7 Å². The molecule has 1 heterocycles. The first-order valence-electron chi connectivity index (χ1n) is 5.88. The standard InChI is InChI=1S/C14H22N2/c1-11(2)8-15-9-12(3)7-14-6-5-13(4)16-10-14/h5-7,10-11,15H,8-9H2,1-4H3/b12-7+. The maximum absolute atomic E-state index is 4.28. The molecule has 1 aromatic heterocycles. The van der Waals surface area contributed by atoms with Gasteiger partial charge in [-0.2, -0.15) is 0 Å². The number of aromatic nitrogens is 1. The van der Waals surface area contributed by atoms with E-state index in [0.29, 0.717) is 5.92 Å². The number of aryl methyl sites for hydroxylation is 1. The van der Waals surface area contributed by atoms with Crippen molar-refractivity contribution >= 4 is 6.08 Å². The second kappa shape index (κ2) is 6.44. The maximum atomic E-state index is 4.28. The molecule has 88 valence electrons. The minimum Gasteiger partial charge on any atom is -0.313 e. The number of hydrogen-bond acceptors (Lipinski definition) is 2. The average molecular weight is 218 g/mol. The van der Waals surface area contributed by atoms with Crippen LogP contribution >= 0.6 is 0 Å². The fourth-order valence-corrected chi connectivity index (χ4v) is 1.46. The van der Waals surface area contributed by atoms with Crippen molar-refractivity contribution in [2.75, 3.05) is 13.1 Å². The maximum Gasteiger partial charge on any atom is 0.0373 e. The molecular formula is C14H22N2. The SMILES string of the molecule is C/C(=C\c1ccc(C)nc1)CNCC(C)C. The highest BCUT2D eigenvalue weighted by atomic mass is 14.8. The normalized spacial score (nSPS) is 12.2. The highest BCUT2D eigenvalue weighted by Crippen LogP contribution is 2.05. The van der Waals surface area contributed by atoms with Crippen LogP contribution in [0, 0.1) is 12.8 Å². The zero-order valence-electron chi connectivity index (χ0n) is 10.7. The summed E-state index contributed by atoms with van der Waals surface area (Å²) in [4.78, 5) is 4.28. The average Bonchev–Trinajstić information content (AvgIpc) is 2.21. The smallest absolute Gasteiger partial charge is 0.0373 e. The molecule has 1 N–H and O–H groups in total. The van der Waals surface area contributed by atoms with E-state index in [1.165, 1.54) is 11.1 Å². The van der Waals surface area contributed by atoms with Crippen LogP contribution in [-0.2, 0) is 0 Å². The van der Waals surface area contributed by atoms with Gasteiger partial charge >= 0.3 is 0 Å². The van der Waals surface area contributed by atoms with Crippen LogP contribution in [0.25, 0.3) is 6.08 Å². The van der Waals surface area contributed by atoms with Gasteiger partial charge in [-0.05, 0) is 37.9 Å². The van der Waals surface area contributed by atoms with Crippen LogP contribution in [0.5, 0.6) is 0 Å². The predicted octanol–water partition coefficient (Wildman–Crippen LogP) is 3.04. The van der Waals surface area contributed by atoms with E-state index in [0.717, 1.165) is 18.8 Å². The molecule has 2 nitrogen and oxygen atoms in total. The Morgan fingerprint density at radius 1 is 1.44 bits per heavy atom.